The number of rotatable bonds is 4. The summed E-state index contributed by atoms with van der Waals surface area (Å²) in [6.07, 6.45) is 0. The van der Waals surface area contributed by atoms with Gasteiger partial charge in [0.25, 0.3) is 11.8 Å². The van der Waals surface area contributed by atoms with E-state index in [1.165, 1.54) is 0 Å². The first kappa shape index (κ1) is 23.4. The van der Waals surface area contributed by atoms with Crippen molar-refractivity contribution in [3.05, 3.63) is 65.7 Å². The van der Waals surface area contributed by atoms with Crippen LogP contribution in [-0.4, -0.2) is 76.6 Å². The molecule has 1 saturated heterocycles. The van der Waals surface area contributed by atoms with E-state index in [0.29, 0.717) is 37.5 Å². The number of carboxylic acid groups (broad SMARTS) is 2. The first-order valence-corrected chi connectivity index (χ1v) is 9.55. The highest BCUT2D eigenvalue weighted by Gasteiger charge is 2.24. The highest BCUT2D eigenvalue weighted by atomic mass is 16.5. The number of piperazine rings is 1. The second-order valence-corrected chi connectivity index (χ2v) is 6.75. The van der Waals surface area contributed by atoms with Crippen LogP contribution in [0.2, 0.25) is 0 Å². The second kappa shape index (κ2) is 11.3. The summed E-state index contributed by atoms with van der Waals surface area (Å²) < 4.78 is 5.57. The number of carbonyl (C=O) groups excluding carboxylic acids is 2. The molecule has 2 N–H and O–H groups in total. The number of carboxylic acids is 2. The smallest absolute Gasteiger partial charge is 0.414 e. The maximum absolute atomic E-state index is 12.4. The maximum Gasteiger partial charge on any atom is 0.414 e. The van der Waals surface area contributed by atoms with E-state index in [9.17, 15) is 9.59 Å². The van der Waals surface area contributed by atoms with Crippen LogP contribution in [-0.2, 0) is 14.4 Å². The maximum atomic E-state index is 12.4. The molecule has 3 rings (SSSR count). The average molecular weight is 428 g/mol. The van der Waals surface area contributed by atoms with Gasteiger partial charge in [-0.1, -0.05) is 30.3 Å². The minimum Gasteiger partial charge on any atom is -0.484 e. The Labute approximate surface area is 179 Å². The molecule has 9 nitrogen and oxygen atoms in total. The normalized spacial score (nSPS) is 12.9. The Kier molecular flexibility index (Phi) is 8.56. The number of hydrogen-bond acceptors (Lipinski definition) is 5. The quantitative estimate of drug-likeness (QED) is 0.708. The minimum absolute atomic E-state index is 0.0173. The molecular formula is C22H24N2O7. The lowest BCUT2D eigenvalue weighted by molar-refractivity contribution is -0.159. The lowest BCUT2D eigenvalue weighted by Gasteiger charge is -2.34. The van der Waals surface area contributed by atoms with E-state index in [1.54, 1.807) is 9.80 Å². The van der Waals surface area contributed by atoms with Crippen molar-refractivity contribution in [1.29, 1.82) is 0 Å². The second-order valence-electron chi connectivity index (χ2n) is 6.75. The summed E-state index contributed by atoms with van der Waals surface area (Å²) in [5.74, 6) is -2.98. The fraction of sp³-hybridized carbons (Fsp3) is 0.273. The van der Waals surface area contributed by atoms with E-state index in [0.717, 1.165) is 5.56 Å². The molecule has 2 aromatic carbocycles. The molecule has 0 spiro atoms. The van der Waals surface area contributed by atoms with E-state index in [1.807, 2.05) is 61.5 Å². The topological polar surface area (TPSA) is 124 Å². The molecule has 2 aromatic rings. The highest BCUT2D eigenvalue weighted by molar-refractivity contribution is 6.27. The van der Waals surface area contributed by atoms with E-state index >= 15 is 0 Å². The SMILES string of the molecule is Cc1cccc(OCC(=O)N2CCN(C(=O)c3ccccc3)CC2)c1.O=C(O)C(=O)O. The molecule has 1 aliphatic heterocycles. The molecule has 2 amide bonds. The van der Waals surface area contributed by atoms with Crippen molar-refractivity contribution in [2.45, 2.75) is 6.92 Å². The molecule has 0 aliphatic carbocycles. The third-order valence-corrected chi connectivity index (χ3v) is 4.48. The Morgan fingerprint density at radius 2 is 1.42 bits per heavy atom. The van der Waals surface area contributed by atoms with Crippen molar-refractivity contribution in [2.24, 2.45) is 0 Å². The number of hydrogen-bond donors (Lipinski definition) is 2. The van der Waals surface area contributed by atoms with E-state index in [4.69, 9.17) is 24.5 Å². The van der Waals surface area contributed by atoms with Gasteiger partial charge in [0, 0.05) is 31.7 Å². The first-order valence-electron chi connectivity index (χ1n) is 9.55. The van der Waals surface area contributed by atoms with Gasteiger partial charge in [-0.15, -0.1) is 0 Å². The largest absolute Gasteiger partial charge is 0.484 e. The number of aliphatic carboxylic acids is 2. The van der Waals surface area contributed by atoms with Crippen molar-refractivity contribution in [1.82, 2.24) is 9.80 Å². The molecular weight excluding hydrogens is 404 g/mol. The minimum atomic E-state index is -1.82. The van der Waals surface area contributed by atoms with Gasteiger partial charge in [-0.3, -0.25) is 9.59 Å². The summed E-state index contributed by atoms with van der Waals surface area (Å²) in [6.45, 7) is 4.17. The predicted octanol–water partition coefficient (Wildman–Crippen LogP) is 1.51. The highest BCUT2D eigenvalue weighted by Crippen LogP contribution is 2.13. The predicted molar refractivity (Wildman–Crippen MR) is 111 cm³/mol. The summed E-state index contributed by atoms with van der Waals surface area (Å²) in [6, 6.07) is 16.9. The van der Waals surface area contributed by atoms with Crippen LogP contribution < -0.4 is 4.74 Å². The summed E-state index contributed by atoms with van der Waals surface area (Å²) in [4.78, 5) is 46.5. The van der Waals surface area contributed by atoms with E-state index in [-0.39, 0.29) is 18.4 Å². The molecule has 31 heavy (non-hydrogen) atoms. The number of amides is 2. The Morgan fingerprint density at radius 1 is 0.839 bits per heavy atom. The van der Waals surface area contributed by atoms with Crippen LogP contribution in [0.25, 0.3) is 0 Å². The zero-order chi connectivity index (χ0) is 22.8. The van der Waals surface area contributed by atoms with Crippen LogP contribution in [0.15, 0.2) is 54.6 Å². The molecule has 0 atom stereocenters. The van der Waals surface area contributed by atoms with Crippen LogP contribution >= 0.6 is 0 Å². The van der Waals surface area contributed by atoms with Gasteiger partial charge in [-0.05, 0) is 36.8 Å². The molecule has 1 heterocycles. The third kappa shape index (κ3) is 7.46. The fourth-order valence-electron chi connectivity index (χ4n) is 2.86. The number of benzene rings is 2. The van der Waals surface area contributed by atoms with Gasteiger partial charge in [-0.2, -0.15) is 0 Å². The molecule has 0 radical (unpaired) electrons. The Balaban J connectivity index is 0.000000501. The van der Waals surface area contributed by atoms with Crippen LogP contribution in [0, 0.1) is 6.92 Å². The Bertz CT molecular complexity index is 910. The van der Waals surface area contributed by atoms with Gasteiger partial charge < -0.3 is 24.7 Å². The number of carbonyl (C=O) groups is 4. The van der Waals surface area contributed by atoms with E-state index in [2.05, 4.69) is 0 Å². The molecule has 164 valence electrons. The van der Waals surface area contributed by atoms with Crippen LogP contribution in [0.3, 0.4) is 0 Å². The Morgan fingerprint density at radius 3 is 1.97 bits per heavy atom. The fourth-order valence-corrected chi connectivity index (χ4v) is 2.86. The van der Waals surface area contributed by atoms with Crippen LogP contribution in [0.4, 0.5) is 0 Å². The lowest BCUT2D eigenvalue weighted by Crippen LogP contribution is -2.51. The average Bonchev–Trinajstić information content (AvgIpc) is 2.78. The molecule has 9 heteroatoms. The van der Waals surface area contributed by atoms with Crippen molar-refractivity contribution in [2.75, 3.05) is 32.8 Å². The van der Waals surface area contributed by atoms with Crippen molar-refractivity contribution in [3.8, 4) is 5.75 Å². The summed E-state index contributed by atoms with van der Waals surface area (Å²) in [5, 5.41) is 14.8. The number of ether oxygens (including phenoxy) is 1. The van der Waals surface area contributed by atoms with Crippen molar-refractivity contribution >= 4 is 23.8 Å². The van der Waals surface area contributed by atoms with Crippen LogP contribution in [0.5, 0.6) is 5.75 Å². The van der Waals surface area contributed by atoms with Crippen molar-refractivity contribution < 1.29 is 34.1 Å². The Hall–Kier alpha value is -3.88. The van der Waals surface area contributed by atoms with Gasteiger partial charge in [0.15, 0.2) is 6.61 Å². The molecule has 0 unspecified atom stereocenters. The number of nitrogens with zero attached hydrogens (tertiary/aromatic N) is 2. The molecule has 0 bridgehead atoms. The van der Waals surface area contributed by atoms with Crippen molar-refractivity contribution in [3.63, 3.8) is 0 Å². The van der Waals surface area contributed by atoms with Gasteiger partial charge in [0.2, 0.25) is 0 Å². The third-order valence-electron chi connectivity index (χ3n) is 4.48. The molecule has 0 aromatic heterocycles. The van der Waals surface area contributed by atoms with Crippen LogP contribution in [0.1, 0.15) is 15.9 Å². The zero-order valence-electron chi connectivity index (χ0n) is 17.1. The molecule has 0 saturated carbocycles. The summed E-state index contributed by atoms with van der Waals surface area (Å²) in [7, 11) is 0. The number of aryl methyl sites for hydroxylation is 1. The molecule has 1 fully saturated rings. The monoisotopic (exact) mass is 428 g/mol. The van der Waals surface area contributed by atoms with Gasteiger partial charge in [-0.25, -0.2) is 9.59 Å². The zero-order valence-corrected chi connectivity index (χ0v) is 17.1. The lowest BCUT2D eigenvalue weighted by atomic mass is 10.2. The van der Waals surface area contributed by atoms with Gasteiger partial charge in [0.1, 0.15) is 5.75 Å². The van der Waals surface area contributed by atoms with Gasteiger partial charge in [0.05, 0.1) is 0 Å². The van der Waals surface area contributed by atoms with Gasteiger partial charge >= 0.3 is 11.9 Å². The summed E-state index contributed by atoms with van der Waals surface area (Å²) in [5.41, 5.74) is 1.78. The molecule has 1 aliphatic rings. The standard InChI is InChI=1S/C20H22N2O3.C2H2O4/c1-16-6-5-9-18(14-16)25-15-19(23)21-10-12-22(13-11-21)20(24)17-7-3-2-4-8-17;3-1(4)2(5)6/h2-9,14H,10-13,15H2,1H3;(H,3,4)(H,5,6). The summed E-state index contributed by atoms with van der Waals surface area (Å²) >= 11 is 0. The first-order chi connectivity index (χ1) is 14.8. The van der Waals surface area contributed by atoms with E-state index < -0.39 is 11.9 Å².